The van der Waals surface area contributed by atoms with Gasteiger partial charge >= 0.3 is 0 Å². The molecular weight excluding hydrogens is 204 g/mol. The molecule has 0 N–H and O–H groups in total. The normalized spacial score (nSPS) is 12.0. The average Bonchev–Trinajstić information content (AvgIpc) is 2.29. The second-order valence-electron chi connectivity index (χ2n) is 3.71. The van der Waals surface area contributed by atoms with E-state index in [0.717, 1.165) is 6.42 Å². The molecular formula is C13H18O3. The van der Waals surface area contributed by atoms with Gasteiger partial charge in [-0.15, -0.1) is 0 Å². The van der Waals surface area contributed by atoms with Crippen LogP contribution in [0.1, 0.15) is 26.3 Å². The van der Waals surface area contributed by atoms with Crippen molar-refractivity contribution >= 4 is 5.78 Å². The van der Waals surface area contributed by atoms with Crippen LogP contribution in [0.2, 0.25) is 0 Å². The number of rotatable bonds is 5. The van der Waals surface area contributed by atoms with Crippen LogP contribution in [0.25, 0.3) is 0 Å². The zero-order valence-electron chi connectivity index (χ0n) is 10.2. The minimum Gasteiger partial charge on any atom is -0.493 e. The van der Waals surface area contributed by atoms with Gasteiger partial charge in [-0.3, -0.25) is 4.79 Å². The zero-order valence-corrected chi connectivity index (χ0v) is 10.2. The Bertz CT molecular complexity index is 371. The van der Waals surface area contributed by atoms with Crippen LogP contribution in [-0.4, -0.2) is 19.0 Å². The number of hydrogen-bond acceptors (Lipinski definition) is 3. The molecule has 0 radical (unpaired) electrons. The van der Waals surface area contributed by atoms with Crippen molar-refractivity contribution in [3.63, 3.8) is 0 Å². The van der Waals surface area contributed by atoms with Gasteiger partial charge in [0.25, 0.3) is 0 Å². The van der Waals surface area contributed by atoms with E-state index in [2.05, 4.69) is 6.92 Å². The van der Waals surface area contributed by atoms with Crippen molar-refractivity contribution in [2.75, 3.05) is 7.11 Å². The first-order valence-corrected chi connectivity index (χ1v) is 5.42. The van der Waals surface area contributed by atoms with Crippen molar-refractivity contribution in [3.05, 3.63) is 23.8 Å². The van der Waals surface area contributed by atoms with E-state index in [1.807, 2.05) is 18.2 Å². The molecule has 3 nitrogen and oxygen atoms in total. The van der Waals surface area contributed by atoms with Crippen LogP contribution >= 0.6 is 0 Å². The molecule has 3 heteroatoms. The maximum Gasteiger partial charge on any atom is 0.169 e. The SMILES string of the molecule is CCc1ccc(OC(C)C(C)=O)c(OC)c1. The molecule has 16 heavy (non-hydrogen) atoms. The fourth-order valence-corrected chi connectivity index (χ4v) is 1.30. The van der Waals surface area contributed by atoms with Gasteiger partial charge in [-0.25, -0.2) is 0 Å². The van der Waals surface area contributed by atoms with E-state index in [4.69, 9.17) is 9.47 Å². The molecule has 0 saturated carbocycles. The number of carbonyl (C=O) groups is 1. The van der Waals surface area contributed by atoms with Crippen molar-refractivity contribution < 1.29 is 14.3 Å². The van der Waals surface area contributed by atoms with E-state index in [9.17, 15) is 4.79 Å². The molecule has 1 unspecified atom stereocenters. The molecule has 0 aliphatic heterocycles. The van der Waals surface area contributed by atoms with E-state index >= 15 is 0 Å². The lowest BCUT2D eigenvalue weighted by molar-refractivity contribution is -0.122. The topological polar surface area (TPSA) is 35.5 Å². The number of hydrogen-bond donors (Lipinski definition) is 0. The monoisotopic (exact) mass is 222 g/mol. The van der Waals surface area contributed by atoms with E-state index in [0.29, 0.717) is 11.5 Å². The molecule has 0 bridgehead atoms. The van der Waals surface area contributed by atoms with Crippen LogP contribution in [0.5, 0.6) is 11.5 Å². The van der Waals surface area contributed by atoms with Gasteiger partial charge in [0.15, 0.2) is 23.4 Å². The van der Waals surface area contributed by atoms with Crippen LogP contribution < -0.4 is 9.47 Å². The lowest BCUT2D eigenvalue weighted by atomic mass is 10.1. The van der Waals surface area contributed by atoms with Crippen molar-refractivity contribution in [2.45, 2.75) is 33.3 Å². The summed E-state index contributed by atoms with van der Waals surface area (Å²) in [6, 6.07) is 5.75. The summed E-state index contributed by atoms with van der Waals surface area (Å²) in [5, 5.41) is 0. The number of ether oxygens (including phenoxy) is 2. The second-order valence-corrected chi connectivity index (χ2v) is 3.71. The number of carbonyl (C=O) groups excluding carboxylic acids is 1. The number of aryl methyl sites for hydroxylation is 1. The average molecular weight is 222 g/mol. The van der Waals surface area contributed by atoms with Crippen molar-refractivity contribution in [1.82, 2.24) is 0 Å². The van der Waals surface area contributed by atoms with Gasteiger partial charge in [0.2, 0.25) is 0 Å². The first kappa shape index (κ1) is 12.6. The minimum absolute atomic E-state index is 0.00150. The highest BCUT2D eigenvalue weighted by Gasteiger charge is 2.12. The third kappa shape index (κ3) is 2.99. The molecule has 0 heterocycles. The summed E-state index contributed by atoms with van der Waals surface area (Å²) in [7, 11) is 1.60. The Balaban J connectivity index is 2.91. The Kier molecular flexibility index (Phi) is 4.35. The summed E-state index contributed by atoms with van der Waals surface area (Å²) < 4.78 is 10.8. The Hall–Kier alpha value is -1.51. The van der Waals surface area contributed by atoms with Crippen LogP contribution in [0.4, 0.5) is 0 Å². The number of ketones is 1. The van der Waals surface area contributed by atoms with E-state index in [-0.39, 0.29) is 5.78 Å². The highest BCUT2D eigenvalue weighted by molar-refractivity contribution is 5.80. The summed E-state index contributed by atoms with van der Waals surface area (Å²) in [6.45, 7) is 5.32. The summed E-state index contributed by atoms with van der Waals surface area (Å²) in [4.78, 5) is 11.1. The number of Topliss-reactive ketones (excluding diaryl/α,β-unsaturated/α-hetero) is 1. The minimum atomic E-state index is -0.443. The van der Waals surface area contributed by atoms with Crippen molar-refractivity contribution in [1.29, 1.82) is 0 Å². The predicted molar refractivity (Wildman–Crippen MR) is 63.1 cm³/mol. The summed E-state index contributed by atoms with van der Waals surface area (Å²) in [6.07, 6.45) is 0.500. The number of methoxy groups -OCH3 is 1. The Morgan fingerprint density at radius 2 is 2.06 bits per heavy atom. The Morgan fingerprint density at radius 3 is 2.56 bits per heavy atom. The molecule has 0 spiro atoms. The molecule has 0 aromatic heterocycles. The fraction of sp³-hybridized carbons (Fsp3) is 0.462. The fourth-order valence-electron chi connectivity index (χ4n) is 1.30. The molecule has 88 valence electrons. The highest BCUT2D eigenvalue weighted by Crippen LogP contribution is 2.29. The van der Waals surface area contributed by atoms with Gasteiger partial charge in [0, 0.05) is 0 Å². The first-order valence-electron chi connectivity index (χ1n) is 5.42. The zero-order chi connectivity index (χ0) is 12.1. The largest absolute Gasteiger partial charge is 0.493 e. The summed E-state index contributed by atoms with van der Waals surface area (Å²) in [5.41, 5.74) is 1.18. The predicted octanol–water partition coefficient (Wildman–Crippen LogP) is 2.61. The van der Waals surface area contributed by atoms with Crippen molar-refractivity contribution in [3.8, 4) is 11.5 Å². The van der Waals surface area contributed by atoms with Gasteiger partial charge in [0.05, 0.1) is 7.11 Å². The van der Waals surface area contributed by atoms with E-state index in [1.54, 1.807) is 14.0 Å². The molecule has 1 rings (SSSR count). The quantitative estimate of drug-likeness (QED) is 0.768. The molecule has 0 aliphatic rings. The van der Waals surface area contributed by atoms with E-state index in [1.165, 1.54) is 12.5 Å². The number of benzene rings is 1. The van der Waals surface area contributed by atoms with Gasteiger partial charge in [-0.2, -0.15) is 0 Å². The Labute approximate surface area is 96.4 Å². The molecule has 1 aromatic carbocycles. The third-order valence-electron chi connectivity index (χ3n) is 2.51. The van der Waals surface area contributed by atoms with Gasteiger partial charge in [-0.05, 0) is 38.0 Å². The maximum absolute atomic E-state index is 11.1. The van der Waals surface area contributed by atoms with Crippen LogP contribution in [0, 0.1) is 0 Å². The smallest absolute Gasteiger partial charge is 0.169 e. The van der Waals surface area contributed by atoms with Crippen LogP contribution in [0.3, 0.4) is 0 Å². The van der Waals surface area contributed by atoms with E-state index < -0.39 is 6.10 Å². The molecule has 0 amide bonds. The molecule has 0 aliphatic carbocycles. The Morgan fingerprint density at radius 1 is 1.38 bits per heavy atom. The molecule has 1 atom stereocenters. The highest BCUT2D eigenvalue weighted by atomic mass is 16.5. The van der Waals surface area contributed by atoms with Crippen LogP contribution in [-0.2, 0) is 11.2 Å². The lowest BCUT2D eigenvalue weighted by Crippen LogP contribution is -2.20. The molecule has 0 fully saturated rings. The van der Waals surface area contributed by atoms with Crippen LogP contribution in [0.15, 0.2) is 18.2 Å². The second kappa shape index (κ2) is 5.54. The van der Waals surface area contributed by atoms with Gasteiger partial charge < -0.3 is 9.47 Å². The maximum atomic E-state index is 11.1. The van der Waals surface area contributed by atoms with Crippen molar-refractivity contribution in [2.24, 2.45) is 0 Å². The molecule has 1 aromatic rings. The summed E-state index contributed by atoms with van der Waals surface area (Å²) >= 11 is 0. The van der Waals surface area contributed by atoms with Gasteiger partial charge in [-0.1, -0.05) is 13.0 Å². The lowest BCUT2D eigenvalue weighted by Gasteiger charge is -2.15. The summed E-state index contributed by atoms with van der Waals surface area (Å²) in [5.74, 6) is 1.29. The molecule has 0 saturated heterocycles. The standard InChI is InChI=1S/C13H18O3/c1-5-11-6-7-12(13(8-11)15-4)16-10(3)9(2)14/h6-8,10H,5H2,1-4H3. The van der Waals surface area contributed by atoms with Gasteiger partial charge in [0.1, 0.15) is 0 Å². The third-order valence-corrected chi connectivity index (χ3v) is 2.51. The first-order chi connectivity index (χ1) is 7.58.